The first-order chi connectivity index (χ1) is 16.4. The third kappa shape index (κ3) is 5.30. The molecule has 2 N–H and O–H groups in total. The number of amides is 1. The summed E-state index contributed by atoms with van der Waals surface area (Å²) in [6.45, 7) is 1.47. The fraction of sp³-hybridized carbons (Fsp3) is 0.308. The number of esters is 1. The third-order valence-corrected chi connectivity index (χ3v) is 6.19. The van der Waals surface area contributed by atoms with Gasteiger partial charge in [0, 0.05) is 12.6 Å². The Kier molecular flexibility index (Phi) is 7.00. The molecule has 0 bridgehead atoms. The molecule has 2 heterocycles. The number of aromatic nitrogens is 2. The van der Waals surface area contributed by atoms with E-state index in [1.54, 1.807) is 66.9 Å². The van der Waals surface area contributed by atoms with Crippen LogP contribution in [0.1, 0.15) is 24.0 Å². The van der Waals surface area contributed by atoms with E-state index in [2.05, 4.69) is 15.5 Å². The van der Waals surface area contributed by atoms with Gasteiger partial charge in [0.05, 0.1) is 13.6 Å². The zero-order chi connectivity index (χ0) is 24.0. The lowest BCUT2D eigenvalue weighted by Gasteiger charge is -2.41. The van der Waals surface area contributed by atoms with Crippen LogP contribution in [0, 0.1) is 0 Å². The lowest BCUT2D eigenvalue weighted by Crippen LogP contribution is -2.57. The van der Waals surface area contributed by atoms with Crippen molar-refractivity contribution in [3.05, 3.63) is 90.1 Å². The molecule has 1 unspecified atom stereocenters. The average molecular weight is 462 g/mol. The highest BCUT2D eigenvalue weighted by atomic mass is 16.6. The maximum Gasteiger partial charge on any atom is 0.348 e. The minimum atomic E-state index is -1.92. The van der Waals surface area contributed by atoms with Gasteiger partial charge < -0.3 is 19.6 Å². The lowest BCUT2D eigenvalue weighted by molar-refractivity contribution is -0.909. The Bertz CT molecular complexity index is 1070. The fourth-order valence-electron chi connectivity index (χ4n) is 4.51. The van der Waals surface area contributed by atoms with Crippen molar-refractivity contribution in [1.29, 1.82) is 0 Å². The molecule has 4 rings (SSSR count). The highest BCUT2D eigenvalue weighted by molar-refractivity contribution is 5.90. The van der Waals surface area contributed by atoms with Crippen LogP contribution in [0.5, 0.6) is 0 Å². The van der Waals surface area contributed by atoms with Crippen LogP contribution in [-0.2, 0) is 19.9 Å². The number of likely N-dealkylation sites (tertiary alicyclic amines) is 1. The number of quaternary nitrogens is 1. The van der Waals surface area contributed by atoms with Crippen LogP contribution in [0.3, 0.4) is 0 Å². The molecular formula is C26H29N4O4+. The van der Waals surface area contributed by atoms with Gasteiger partial charge in [0.15, 0.2) is 18.5 Å². The second-order valence-electron chi connectivity index (χ2n) is 8.95. The number of nitrogens with zero attached hydrogens (tertiary/aromatic N) is 3. The lowest BCUT2D eigenvalue weighted by atomic mass is 9.86. The number of piperidine rings is 1. The summed E-state index contributed by atoms with van der Waals surface area (Å²) in [5.74, 6) is -0.498. The summed E-state index contributed by atoms with van der Waals surface area (Å²) in [4.78, 5) is 26.0. The second kappa shape index (κ2) is 10.1. The van der Waals surface area contributed by atoms with Crippen molar-refractivity contribution >= 4 is 17.7 Å². The Morgan fingerprint density at radius 3 is 2.29 bits per heavy atom. The van der Waals surface area contributed by atoms with Gasteiger partial charge in [-0.2, -0.15) is 5.10 Å². The largest absolute Gasteiger partial charge is 0.454 e. The molecule has 0 spiro atoms. The smallest absolute Gasteiger partial charge is 0.348 e. The molecule has 3 aromatic rings. The van der Waals surface area contributed by atoms with Gasteiger partial charge in [-0.25, -0.2) is 4.79 Å². The molecule has 1 aliphatic heterocycles. The predicted octanol–water partition coefficient (Wildman–Crippen LogP) is 2.50. The molecule has 1 fully saturated rings. The molecule has 1 aliphatic rings. The number of nitrogens with one attached hydrogen (secondary N) is 1. The van der Waals surface area contributed by atoms with Gasteiger partial charge in [-0.1, -0.05) is 60.7 Å². The summed E-state index contributed by atoms with van der Waals surface area (Å²) in [5.41, 5.74) is -1.03. The summed E-state index contributed by atoms with van der Waals surface area (Å²) in [6, 6.07) is 21.0. The minimum Gasteiger partial charge on any atom is -0.454 e. The minimum absolute atomic E-state index is 0.181. The fourth-order valence-corrected chi connectivity index (χ4v) is 4.51. The number of benzene rings is 2. The van der Waals surface area contributed by atoms with Crippen molar-refractivity contribution in [2.45, 2.75) is 24.5 Å². The Labute approximate surface area is 198 Å². The van der Waals surface area contributed by atoms with E-state index in [0.29, 0.717) is 34.4 Å². The van der Waals surface area contributed by atoms with Crippen LogP contribution in [-0.4, -0.2) is 64.4 Å². The first-order valence-electron chi connectivity index (χ1n) is 11.3. The van der Waals surface area contributed by atoms with E-state index in [0.717, 1.165) is 13.0 Å². The summed E-state index contributed by atoms with van der Waals surface area (Å²) in [6.07, 6.45) is 2.58. The van der Waals surface area contributed by atoms with Gasteiger partial charge in [-0.15, -0.1) is 5.10 Å². The number of likely N-dealkylation sites (N-methyl/N-ethyl adjacent to an activating group) is 1. The van der Waals surface area contributed by atoms with Crippen LogP contribution >= 0.6 is 0 Å². The molecule has 1 amide bonds. The van der Waals surface area contributed by atoms with E-state index in [1.807, 2.05) is 19.2 Å². The quantitative estimate of drug-likeness (QED) is 0.414. The van der Waals surface area contributed by atoms with Gasteiger partial charge in [0.1, 0.15) is 6.54 Å². The van der Waals surface area contributed by atoms with Crippen molar-refractivity contribution in [2.24, 2.45) is 0 Å². The standard InChI is InChI=1S/C26H28N4O4/c1-30(19-24(31)28-23-15-8-16-27-29-23)17-9-14-22(18-30)34-25(32)26(33,20-10-4-2-5-11-20)21-12-6-3-7-13-21/h2-8,10-13,15-16,22,33H,9,14,17-19H2,1H3/p+1/t22?,30-/m1/s1. The number of aliphatic hydroxyl groups is 1. The van der Waals surface area contributed by atoms with Crippen molar-refractivity contribution in [3.63, 3.8) is 0 Å². The monoisotopic (exact) mass is 461 g/mol. The molecule has 0 aliphatic carbocycles. The van der Waals surface area contributed by atoms with Crippen molar-refractivity contribution in [3.8, 4) is 0 Å². The number of hydrogen-bond acceptors (Lipinski definition) is 6. The zero-order valence-electron chi connectivity index (χ0n) is 19.1. The number of carbonyl (C=O) groups excluding carboxylic acids is 2. The van der Waals surface area contributed by atoms with Gasteiger partial charge in [0.2, 0.25) is 5.60 Å². The number of ether oxygens (including phenoxy) is 1. The van der Waals surface area contributed by atoms with E-state index in [9.17, 15) is 14.7 Å². The molecule has 8 nitrogen and oxygen atoms in total. The van der Waals surface area contributed by atoms with E-state index >= 15 is 0 Å². The normalized spacial score (nSPS) is 20.4. The van der Waals surface area contributed by atoms with Gasteiger partial charge in [-0.3, -0.25) is 4.79 Å². The average Bonchev–Trinajstić information content (AvgIpc) is 2.85. The van der Waals surface area contributed by atoms with Crippen LogP contribution in [0.2, 0.25) is 0 Å². The number of hydrogen-bond donors (Lipinski definition) is 2. The second-order valence-corrected chi connectivity index (χ2v) is 8.95. The third-order valence-electron chi connectivity index (χ3n) is 6.19. The zero-order valence-corrected chi connectivity index (χ0v) is 19.1. The summed E-state index contributed by atoms with van der Waals surface area (Å²) < 4.78 is 6.32. The highest BCUT2D eigenvalue weighted by Crippen LogP contribution is 2.32. The molecule has 1 aromatic heterocycles. The molecule has 1 saturated heterocycles. The van der Waals surface area contributed by atoms with E-state index in [-0.39, 0.29) is 12.5 Å². The summed E-state index contributed by atoms with van der Waals surface area (Å²) in [5, 5.41) is 22.1. The molecule has 34 heavy (non-hydrogen) atoms. The van der Waals surface area contributed by atoms with Gasteiger partial charge in [-0.05, 0) is 29.7 Å². The van der Waals surface area contributed by atoms with E-state index in [1.165, 1.54) is 0 Å². The van der Waals surface area contributed by atoms with Gasteiger partial charge >= 0.3 is 5.97 Å². The highest BCUT2D eigenvalue weighted by Gasteiger charge is 2.44. The van der Waals surface area contributed by atoms with Crippen LogP contribution in [0.4, 0.5) is 5.82 Å². The van der Waals surface area contributed by atoms with Crippen molar-refractivity contribution < 1.29 is 23.9 Å². The van der Waals surface area contributed by atoms with Crippen LogP contribution in [0.15, 0.2) is 79.0 Å². The summed E-state index contributed by atoms with van der Waals surface area (Å²) in [7, 11) is 1.97. The van der Waals surface area contributed by atoms with Gasteiger partial charge in [0.25, 0.3) is 5.91 Å². The van der Waals surface area contributed by atoms with E-state index in [4.69, 9.17) is 4.74 Å². The first-order valence-corrected chi connectivity index (χ1v) is 11.3. The molecule has 2 aromatic carbocycles. The number of carbonyl (C=O) groups is 2. The molecule has 0 radical (unpaired) electrons. The first kappa shape index (κ1) is 23.5. The number of anilines is 1. The van der Waals surface area contributed by atoms with E-state index < -0.39 is 17.7 Å². The Morgan fingerprint density at radius 2 is 1.71 bits per heavy atom. The van der Waals surface area contributed by atoms with Crippen LogP contribution < -0.4 is 5.32 Å². The molecule has 8 heteroatoms. The molecule has 0 saturated carbocycles. The SMILES string of the molecule is C[N@@+]1(CC(=O)Nc2cccnn2)CCCC(OC(=O)C(O)(c2ccccc2)c2ccccc2)C1. The topological polar surface area (TPSA) is 101 Å². The Morgan fingerprint density at radius 1 is 1.06 bits per heavy atom. The van der Waals surface area contributed by atoms with Crippen molar-refractivity contribution in [1.82, 2.24) is 10.2 Å². The van der Waals surface area contributed by atoms with Crippen LogP contribution in [0.25, 0.3) is 0 Å². The molecular weight excluding hydrogens is 432 g/mol. The molecule has 2 atom stereocenters. The maximum atomic E-state index is 13.4. The molecule has 176 valence electrons. The Balaban J connectivity index is 1.47. The number of rotatable bonds is 7. The van der Waals surface area contributed by atoms with Crippen molar-refractivity contribution in [2.75, 3.05) is 32.0 Å². The maximum absolute atomic E-state index is 13.4. The predicted molar refractivity (Wildman–Crippen MR) is 126 cm³/mol. The summed E-state index contributed by atoms with van der Waals surface area (Å²) >= 11 is 0. The Hall–Kier alpha value is -3.62.